The van der Waals surface area contributed by atoms with Gasteiger partial charge in [-0.2, -0.15) is 0 Å². The Kier molecular flexibility index (Phi) is 9.45. The first-order valence-electron chi connectivity index (χ1n) is 9.15. The average Bonchev–Trinajstić information content (AvgIpc) is 2.59. The van der Waals surface area contributed by atoms with Gasteiger partial charge >= 0.3 is 0 Å². The standard InChI is InChI=1S/C17H33N3O3S.HI/c1-4-14-5-7-15(8-6-14)20-16(18-2)19-13-17(24(3,21)22)9-11-23-12-10-17;/h14-15H,4-13H2,1-3H3,(H2,18,19,20);1H. The molecule has 2 fully saturated rings. The number of nitrogens with zero attached hydrogens (tertiary/aromatic N) is 1. The van der Waals surface area contributed by atoms with Gasteiger partial charge in [-0.1, -0.05) is 13.3 Å². The van der Waals surface area contributed by atoms with Crippen LogP contribution in [0.3, 0.4) is 0 Å². The minimum atomic E-state index is -3.16. The number of rotatable bonds is 5. The molecule has 0 aromatic rings. The van der Waals surface area contributed by atoms with Crippen molar-refractivity contribution in [3.8, 4) is 0 Å². The van der Waals surface area contributed by atoms with E-state index in [1.807, 2.05) is 0 Å². The summed E-state index contributed by atoms with van der Waals surface area (Å²) in [5.74, 6) is 1.57. The van der Waals surface area contributed by atoms with Crippen molar-refractivity contribution in [2.24, 2.45) is 10.9 Å². The zero-order valence-corrected chi connectivity index (χ0v) is 18.9. The van der Waals surface area contributed by atoms with Crippen LogP contribution in [0.5, 0.6) is 0 Å². The van der Waals surface area contributed by atoms with Crippen LogP contribution in [0, 0.1) is 5.92 Å². The lowest BCUT2D eigenvalue weighted by molar-refractivity contribution is 0.0756. The highest BCUT2D eigenvalue weighted by molar-refractivity contribution is 14.0. The van der Waals surface area contributed by atoms with Gasteiger partial charge in [0.1, 0.15) is 0 Å². The summed E-state index contributed by atoms with van der Waals surface area (Å²) in [6.07, 6.45) is 8.51. The third-order valence-corrected chi connectivity index (χ3v) is 7.88. The first kappa shape index (κ1) is 23.0. The van der Waals surface area contributed by atoms with Crippen molar-refractivity contribution in [2.45, 2.75) is 62.7 Å². The van der Waals surface area contributed by atoms with E-state index in [2.05, 4.69) is 22.5 Å². The molecular formula is C17H34IN3O3S. The third-order valence-electron chi connectivity index (χ3n) is 5.76. The topological polar surface area (TPSA) is 79.8 Å². The predicted molar refractivity (Wildman–Crippen MR) is 114 cm³/mol. The normalized spacial score (nSPS) is 27.2. The summed E-state index contributed by atoms with van der Waals surface area (Å²) in [5.41, 5.74) is 0. The van der Waals surface area contributed by atoms with E-state index in [9.17, 15) is 8.42 Å². The average molecular weight is 487 g/mol. The van der Waals surface area contributed by atoms with Gasteiger partial charge in [-0.05, 0) is 44.4 Å². The molecule has 8 heteroatoms. The van der Waals surface area contributed by atoms with Gasteiger partial charge in [0.2, 0.25) is 0 Å². The molecular weight excluding hydrogens is 453 g/mol. The highest BCUT2D eigenvalue weighted by atomic mass is 127. The number of ether oxygens (including phenoxy) is 1. The number of hydrogen-bond donors (Lipinski definition) is 2. The Labute approximate surface area is 169 Å². The zero-order valence-electron chi connectivity index (χ0n) is 15.7. The fourth-order valence-corrected chi connectivity index (χ4v) is 5.01. The maximum absolute atomic E-state index is 12.3. The van der Waals surface area contributed by atoms with Crippen molar-refractivity contribution >= 4 is 39.8 Å². The van der Waals surface area contributed by atoms with Gasteiger partial charge in [0.15, 0.2) is 15.8 Å². The van der Waals surface area contributed by atoms with Crippen molar-refractivity contribution in [1.82, 2.24) is 10.6 Å². The van der Waals surface area contributed by atoms with Gasteiger partial charge in [0.25, 0.3) is 0 Å². The largest absolute Gasteiger partial charge is 0.381 e. The van der Waals surface area contributed by atoms with Gasteiger partial charge in [-0.25, -0.2) is 8.42 Å². The minimum absolute atomic E-state index is 0. The van der Waals surface area contributed by atoms with Crippen LogP contribution in [0.25, 0.3) is 0 Å². The Morgan fingerprint density at radius 2 is 1.80 bits per heavy atom. The lowest BCUT2D eigenvalue weighted by atomic mass is 9.84. The minimum Gasteiger partial charge on any atom is -0.381 e. The van der Waals surface area contributed by atoms with Crippen LogP contribution >= 0.6 is 24.0 Å². The van der Waals surface area contributed by atoms with E-state index in [0.717, 1.165) is 18.8 Å². The Balaban J connectivity index is 0.00000312. The second-order valence-corrected chi connectivity index (χ2v) is 9.67. The van der Waals surface area contributed by atoms with Crippen LogP contribution in [-0.2, 0) is 14.6 Å². The van der Waals surface area contributed by atoms with Crippen molar-refractivity contribution in [3.63, 3.8) is 0 Å². The van der Waals surface area contributed by atoms with Crippen LogP contribution in [0.1, 0.15) is 51.9 Å². The molecule has 1 saturated heterocycles. The van der Waals surface area contributed by atoms with Crippen molar-refractivity contribution < 1.29 is 13.2 Å². The predicted octanol–water partition coefficient (Wildman–Crippen LogP) is 2.33. The maximum atomic E-state index is 12.3. The van der Waals surface area contributed by atoms with Crippen LogP contribution < -0.4 is 10.6 Å². The molecule has 148 valence electrons. The molecule has 25 heavy (non-hydrogen) atoms. The summed E-state index contributed by atoms with van der Waals surface area (Å²) < 4.78 is 29.2. The van der Waals surface area contributed by atoms with E-state index < -0.39 is 14.6 Å². The van der Waals surface area contributed by atoms with E-state index in [1.54, 1.807) is 7.05 Å². The van der Waals surface area contributed by atoms with Crippen molar-refractivity contribution in [2.75, 3.05) is 33.1 Å². The number of halogens is 1. The molecule has 0 unspecified atom stereocenters. The summed E-state index contributed by atoms with van der Waals surface area (Å²) in [7, 11) is -1.42. The molecule has 0 atom stereocenters. The highest BCUT2D eigenvalue weighted by Gasteiger charge is 2.42. The van der Waals surface area contributed by atoms with Gasteiger partial charge in [0, 0.05) is 39.1 Å². The van der Waals surface area contributed by atoms with E-state index >= 15 is 0 Å². The lowest BCUT2D eigenvalue weighted by Crippen LogP contribution is -2.54. The van der Waals surface area contributed by atoms with E-state index in [-0.39, 0.29) is 24.0 Å². The molecule has 2 rings (SSSR count). The van der Waals surface area contributed by atoms with E-state index in [0.29, 0.717) is 44.6 Å². The number of guanidine groups is 1. The first-order chi connectivity index (χ1) is 11.4. The molecule has 1 aliphatic carbocycles. The van der Waals surface area contributed by atoms with Crippen molar-refractivity contribution in [3.05, 3.63) is 0 Å². The molecule has 6 nitrogen and oxygen atoms in total. The highest BCUT2D eigenvalue weighted by Crippen LogP contribution is 2.29. The smallest absolute Gasteiger partial charge is 0.191 e. The van der Waals surface area contributed by atoms with Crippen LogP contribution in [0.15, 0.2) is 4.99 Å². The third kappa shape index (κ3) is 6.23. The van der Waals surface area contributed by atoms with Gasteiger partial charge < -0.3 is 15.4 Å². The Morgan fingerprint density at radius 3 is 2.28 bits per heavy atom. The number of nitrogens with one attached hydrogen (secondary N) is 2. The van der Waals surface area contributed by atoms with Gasteiger partial charge in [0.05, 0.1) is 4.75 Å². The second-order valence-electron chi connectivity index (χ2n) is 7.26. The molecule has 0 spiro atoms. The summed E-state index contributed by atoms with van der Waals surface area (Å²) in [6.45, 7) is 3.65. The molecule has 0 aromatic carbocycles. The summed E-state index contributed by atoms with van der Waals surface area (Å²) in [6, 6.07) is 0.433. The second kappa shape index (κ2) is 10.3. The maximum Gasteiger partial charge on any atom is 0.191 e. The molecule has 2 aliphatic rings. The Morgan fingerprint density at radius 1 is 1.20 bits per heavy atom. The number of hydrogen-bond acceptors (Lipinski definition) is 4. The molecule has 0 radical (unpaired) electrons. The molecule has 0 aromatic heterocycles. The molecule has 1 saturated carbocycles. The fourth-order valence-electron chi connectivity index (χ4n) is 3.77. The Bertz CT molecular complexity index is 525. The van der Waals surface area contributed by atoms with E-state index in [4.69, 9.17) is 4.74 Å². The fraction of sp³-hybridized carbons (Fsp3) is 0.941. The first-order valence-corrected chi connectivity index (χ1v) is 11.0. The van der Waals surface area contributed by atoms with Crippen LogP contribution in [0.4, 0.5) is 0 Å². The molecule has 1 heterocycles. The van der Waals surface area contributed by atoms with Gasteiger partial charge in [-0.3, -0.25) is 4.99 Å². The number of aliphatic imine (C=N–C) groups is 1. The summed E-state index contributed by atoms with van der Waals surface area (Å²) in [5, 5.41) is 6.73. The number of sulfone groups is 1. The molecule has 2 N–H and O–H groups in total. The Hall–Kier alpha value is -0.0900. The van der Waals surface area contributed by atoms with Crippen LogP contribution in [0.2, 0.25) is 0 Å². The van der Waals surface area contributed by atoms with E-state index in [1.165, 1.54) is 25.5 Å². The quantitative estimate of drug-likeness (QED) is 0.354. The summed E-state index contributed by atoms with van der Waals surface area (Å²) in [4.78, 5) is 4.29. The lowest BCUT2D eigenvalue weighted by Gasteiger charge is -2.36. The SMILES string of the molecule is CCC1CCC(NC(=NC)NCC2(S(C)(=O)=O)CCOCC2)CC1.I. The monoisotopic (exact) mass is 487 g/mol. The molecule has 1 aliphatic heterocycles. The van der Waals surface area contributed by atoms with Crippen molar-refractivity contribution in [1.29, 1.82) is 0 Å². The molecule has 0 bridgehead atoms. The molecule has 0 amide bonds. The van der Waals surface area contributed by atoms with Crippen LogP contribution in [-0.4, -0.2) is 58.2 Å². The zero-order chi connectivity index (χ0) is 17.6. The summed E-state index contributed by atoms with van der Waals surface area (Å²) >= 11 is 0. The van der Waals surface area contributed by atoms with Gasteiger partial charge in [-0.15, -0.1) is 24.0 Å².